The molecule has 0 aliphatic rings. The van der Waals surface area contributed by atoms with E-state index in [0.717, 1.165) is 5.56 Å². The number of anilines is 1. The van der Waals surface area contributed by atoms with E-state index < -0.39 is 0 Å². The number of amides is 2. The summed E-state index contributed by atoms with van der Waals surface area (Å²) in [6.07, 6.45) is 0.701. The maximum atomic E-state index is 11.9. The summed E-state index contributed by atoms with van der Waals surface area (Å²) in [4.78, 5) is 22.8. The molecule has 0 fully saturated rings. The molecule has 0 saturated carbocycles. The highest BCUT2D eigenvalue weighted by atomic mass is 16.5. The molecule has 0 aliphatic carbocycles. The van der Waals surface area contributed by atoms with Crippen molar-refractivity contribution < 1.29 is 19.4 Å². The molecule has 0 radical (unpaired) electrons. The van der Waals surface area contributed by atoms with Crippen LogP contribution in [0, 0.1) is 0 Å². The van der Waals surface area contributed by atoms with Gasteiger partial charge >= 0.3 is 0 Å². The molecule has 116 valence electrons. The fraction of sp³-hybridized carbons (Fsp3) is 0.467. The van der Waals surface area contributed by atoms with Gasteiger partial charge in [-0.15, -0.1) is 0 Å². The van der Waals surface area contributed by atoms with Crippen LogP contribution in [0.5, 0.6) is 0 Å². The van der Waals surface area contributed by atoms with E-state index in [9.17, 15) is 9.59 Å². The number of hydrogen-bond acceptors (Lipinski definition) is 4. The van der Waals surface area contributed by atoms with E-state index in [1.165, 1.54) is 6.92 Å². The number of aliphatic hydroxyl groups is 1. The monoisotopic (exact) mass is 294 g/mol. The molecule has 1 unspecified atom stereocenters. The lowest BCUT2D eigenvalue weighted by atomic mass is 10.1. The van der Waals surface area contributed by atoms with Gasteiger partial charge in [-0.25, -0.2) is 0 Å². The van der Waals surface area contributed by atoms with Gasteiger partial charge in [0.15, 0.2) is 0 Å². The Morgan fingerprint density at radius 3 is 2.48 bits per heavy atom. The molecule has 6 heteroatoms. The van der Waals surface area contributed by atoms with Crippen LogP contribution in [-0.2, 0) is 20.7 Å². The Bertz CT molecular complexity index is 453. The van der Waals surface area contributed by atoms with Gasteiger partial charge in [-0.3, -0.25) is 9.59 Å². The number of nitrogens with one attached hydrogen (secondary N) is 2. The van der Waals surface area contributed by atoms with E-state index >= 15 is 0 Å². The molecule has 1 aromatic rings. The minimum absolute atomic E-state index is 0.000278. The minimum atomic E-state index is -0.189. The number of ether oxygens (including phenoxy) is 1. The molecule has 0 aromatic heterocycles. The molecule has 0 spiro atoms. The van der Waals surface area contributed by atoms with Crippen molar-refractivity contribution in [2.75, 3.05) is 25.6 Å². The maximum absolute atomic E-state index is 11.9. The molecule has 1 aromatic carbocycles. The highest BCUT2D eigenvalue weighted by Gasteiger charge is 2.12. The Morgan fingerprint density at radius 2 is 1.95 bits per heavy atom. The fourth-order valence-corrected chi connectivity index (χ4v) is 1.93. The normalized spacial score (nSPS) is 11.8. The van der Waals surface area contributed by atoms with Crippen LogP contribution in [0.15, 0.2) is 24.3 Å². The van der Waals surface area contributed by atoms with E-state index in [1.807, 2.05) is 0 Å². The second-order valence-corrected chi connectivity index (χ2v) is 4.79. The lowest BCUT2D eigenvalue weighted by Crippen LogP contribution is -2.39. The van der Waals surface area contributed by atoms with E-state index in [1.54, 1.807) is 31.4 Å². The van der Waals surface area contributed by atoms with E-state index in [4.69, 9.17) is 9.84 Å². The topological polar surface area (TPSA) is 87.7 Å². The Labute approximate surface area is 124 Å². The third-order valence-corrected chi connectivity index (χ3v) is 2.85. The average Bonchev–Trinajstić information content (AvgIpc) is 2.41. The highest BCUT2D eigenvalue weighted by Crippen LogP contribution is 2.10. The van der Waals surface area contributed by atoms with Gasteiger partial charge < -0.3 is 20.5 Å². The van der Waals surface area contributed by atoms with E-state index in [0.29, 0.717) is 18.7 Å². The van der Waals surface area contributed by atoms with Crippen LogP contribution in [0.4, 0.5) is 5.69 Å². The third-order valence-electron chi connectivity index (χ3n) is 2.85. The molecule has 0 aliphatic heterocycles. The summed E-state index contributed by atoms with van der Waals surface area (Å²) in [6.45, 7) is 1.81. The molecular weight excluding hydrogens is 272 g/mol. The number of rotatable bonds is 8. The Morgan fingerprint density at radius 1 is 1.29 bits per heavy atom. The highest BCUT2D eigenvalue weighted by molar-refractivity contribution is 5.88. The first-order valence-corrected chi connectivity index (χ1v) is 6.81. The van der Waals surface area contributed by atoms with Crippen molar-refractivity contribution >= 4 is 17.5 Å². The smallest absolute Gasteiger partial charge is 0.224 e. The Balaban J connectivity index is 2.51. The summed E-state index contributed by atoms with van der Waals surface area (Å²) < 4.78 is 4.99. The predicted octanol–water partition coefficient (Wildman–Crippen LogP) is 0.701. The van der Waals surface area contributed by atoms with Crippen LogP contribution in [0.3, 0.4) is 0 Å². The molecule has 21 heavy (non-hydrogen) atoms. The van der Waals surface area contributed by atoms with Gasteiger partial charge in [0.25, 0.3) is 0 Å². The van der Waals surface area contributed by atoms with E-state index in [-0.39, 0.29) is 30.9 Å². The Hall–Kier alpha value is -1.92. The second-order valence-electron chi connectivity index (χ2n) is 4.79. The first kappa shape index (κ1) is 17.1. The summed E-state index contributed by atoms with van der Waals surface area (Å²) >= 11 is 0. The zero-order valence-electron chi connectivity index (χ0n) is 12.4. The molecule has 1 atom stereocenters. The number of aliphatic hydroxyl groups excluding tert-OH is 1. The minimum Gasteiger partial charge on any atom is -0.396 e. The summed E-state index contributed by atoms with van der Waals surface area (Å²) in [5, 5.41) is 14.4. The van der Waals surface area contributed by atoms with Crippen LogP contribution < -0.4 is 10.6 Å². The predicted molar refractivity (Wildman–Crippen MR) is 80.0 cm³/mol. The summed E-state index contributed by atoms with van der Waals surface area (Å²) in [5.41, 5.74) is 1.55. The van der Waals surface area contributed by atoms with Gasteiger partial charge in [0, 0.05) is 26.3 Å². The van der Waals surface area contributed by atoms with Crippen LogP contribution in [0.25, 0.3) is 0 Å². The van der Waals surface area contributed by atoms with Crippen molar-refractivity contribution in [2.24, 2.45) is 0 Å². The third kappa shape index (κ3) is 6.87. The average molecular weight is 294 g/mol. The zero-order valence-corrected chi connectivity index (χ0v) is 12.4. The van der Waals surface area contributed by atoms with Crippen LogP contribution in [0.2, 0.25) is 0 Å². The quantitative estimate of drug-likeness (QED) is 0.658. The molecule has 3 N–H and O–H groups in total. The van der Waals surface area contributed by atoms with Crippen molar-refractivity contribution in [2.45, 2.75) is 25.8 Å². The lowest BCUT2D eigenvalue weighted by Gasteiger charge is -2.16. The van der Waals surface area contributed by atoms with Crippen molar-refractivity contribution in [3.8, 4) is 0 Å². The number of carbonyl (C=O) groups excluding carboxylic acids is 2. The van der Waals surface area contributed by atoms with Crippen molar-refractivity contribution in [1.29, 1.82) is 0 Å². The molecule has 6 nitrogen and oxygen atoms in total. The molecule has 0 bridgehead atoms. The second kappa shape index (κ2) is 9.10. The van der Waals surface area contributed by atoms with Crippen LogP contribution in [-0.4, -0.2) is 43.3 Å². The molecule has 2 amide bonds. The summed E-state index contributed by atoms with van der Waals surface area (Å²) in [7, 11) is 1.55. The van der Waals surface area contributed by atoms with Crippen molar-refractivity contribution in [3.63, 3.8) is 0 Å². The first-order chi connectivity index (χ1) is 10.0. The Kier molecular flexibility index (Phi) is 7.42. The molecule has 0 heterocycles. The standard InChI is InChI=1S/C15H22N2O4/c1-11(19)16-13-5-3-12(4-6-13)9-15(20)17-14(7-8-18)10-21-2/h3-6,14,18H,7-10H2,1-2H3,(H,16,19)(H,17,20). The fourth-order valence-electron chi connectivity index (χ4n) is 1.93. The largest absolute Gasteiger partial charge is 0.396 e. The zero-order chi connectivity index (χ0) is 15.7. The molecule has 1 rings (SSSR count). The lowest BCUT2D eigenvalue weighted by molar-refractivity contribution is -0.121. The van der Waals surface area contributed by atoms with Crippen LogP contribution in [0.1, 0.15) is 18.9 Å². The number of benzene rings is 1. The van der Waals surface area contributed by atoms with Crippen molar-refractivity contribution in [3.05, 3.63) is 29.8 Å². The number of carbonyl (C=O) groups is 2. The SMILES string of the molecule is COCC(CCO)NC(=O)Cc1ccc(NC(C)=O)cc1. The van der Waals surface area contributed by atoms with Crippen molar-refractivity contribution in [1.82, 2.24) is 5.32 Å². The maximum Gasteiger partial charge on any atom is 0.224 e. The van der Waals surface area contributed by atoms with E-state index in [2.05, 4.69) is 10.6 Å². The van der Waals surface area contributed by atoms with Gasteiger partial charge in [-0.1, -0.05) is 12.1 Å². The summed E-state index contributed by atoms with van der Waals surface area (Å²) in [6, 6.07) is 6.91. The van der Waals surface area contributed by atoms with Gasteiger partial charge in [-0.2, -0.15) is 0 Å². The number of hydrogen-bond donors (Lipinski definition) is 3. The molecule has 0 saturated heterocycles. The van der Waals surface area contributed by atoms with Gasteiger partial charge in [0.2, 0.25) is 11.8 Å². The van der Waals surface area contributed by atoms with Crippen LogP contribution >= 0.6 is 0 Å². The molecular formula is C15H22N2O4. The van der Waals surface area contributed by atoms with Gasteiger partial charge in [-0.05, 0) is 24.1 Å². The first-order valence-electron chi connectivity index (χ1n) is 6.81. The number of methoxy groups -OCH3 is 1. The van der Waals surface area contributed by atoms with Gasteiger partial charge in [0.05, 0.1) is 19.1 Å². The summed E-state index contributed by atoms with van der Waals surface area (Å²) in [5.74, 6) is -0.260. The van der Waals surface area contributed by atoms with Gasteiger partial charge in [0.1, 0.15) is 0 Å².